The third kappa shape index (κ3) is 4.69. The monoisotopic (exact) mass is 483 g/mol. The molecule has 0 spiro atoms. The van der Waals surface area contributed by atoms with Crippen molar-refractivity contribution in [1.29, 1.82) is 0 Å². The molecule has 0 aliphatic carbocycles. The molecule has 12 heteroatoms. The van der Waals surface area contributed by atoms with Crippen LogP contribution in [-0.2, 0) is 10.0 Å². The topological polar surface area (TPSA) is 121 Å². The standard InChI is InChI=1S/C19H22ClN5O4S2/c1-10(2)15(14-9-6-11(3)29-14)22-19-18(23-30-24-19)21-13-8-7-12(20)17(16(13)26)31(27,28)25(4)5/h6-9,15,26H,1H2,2-5H3,(H,21,23)(H,22,24)/t15-/m1/s1. The normalized spacial score (nSPS) is 12.7. The maximum absolute atomic E-state index is 12.6. The van der Waals surface area contributed by atoms with Crippen molar-refractivity contribution in [3.05, 3.63) is 53.0 Å². The second-order valence-corrected chi connectivity index (χ2v) is 10.0. The first-order valence-corrected chi connectivity index (χ1v) is 11.6. The fourth-order valence-corrected chi connectivity index (χ4v) is 4.70. The van der Waals surface area contributed by atoms with Gasteiger partial charge in [-0.2, -0.15) is 8.75 Å². The Morgan fingerprint density at radius 2 is 1.94 bits per heavy atom. The number of phenols is 1. The number of aryl methyl sites for hydroxylation is 1. The van der Waals surface area contributed by atoms with Crippen molar-refractivity contribution in [3.8, 4) is 5.75 Å². The van der Waals surface area contributed by atoms with Crippen LogP contribution in [0.25, 0.3) is 0 Å². The SMILES string of the molecule is C=C(C)[C@@H](Nc1nsnc1Nc1ccc(Cl)c(S(=O)(=O)N(C)C)c1O)c1ccc(C)o1. The van der Waals surface area contributed by atoms with E-state index in [1.165, 1.54) is 26.2 Å². The second kappa shape index (κ2) is 8.87. The van der Waals surface area contributed by atoms with E-state index in [2.05, 4.69) is 26.0 Å². The summed E-state index contributed by atoms with van der Waals surface area (Å²) < 4.78 is 40.3. The van der Waals surface area contributed by atoms with Gasteiger partial charge in [0.15, 0.2) is 17.4 Å². The van der Waals surface area contributed by atoms with Gasteiger partial charge >= 0.3 is 0 Å². The van der Waals surface area contributed by atoms with Gasteiger partial charge in [0.1, 0.15) is 22.5 Å². The molecule has 1 atom stereocenters. The molecule has 0 unspecified atom stereocenters. The molecule has 0 aliphatic rings. The van der Waals surface area contributed by atoms with Crippen LogP contribution < -0.4 is 10.6 Å². The van der Waals surface area contributed by atoms with Gasteiger partial charge in [0.05, 0.1) is 22.4 Å². The summed E-state index contributed by atoms with van der Waals surface area (Å²) in [5.74, 6) is 1.60. The van der Waals surface area contributed by atoms with Gasteiger partial charge in [0.2, 0.25) is 10.0 Å². The minimum Gasteiger partial charge on any atom is -0.504 e. The van der Waals surface area contributed by atoms with Crippen molar-refractivity contribution in [2.45, 2.75) is 24.8 Å². The van der Waals surface area contributed by atoms with Crippen LogP contribution in [0.1, 0.15) is 24.5 Å². The molecule has 9 nitrogen and oxygen atoms in total. The molecule has 31 heavy (non-hydrogen) atoms. The number of halogens is 1. The number of aromatic nitrogens is 2. The minimum absolute atomic E-state index is 0.0953. The van der Waals surface area contributed by atoms with Gasteiger partial charge in [0.25, 0.3) is 0 Å². The number of nitrogens with zero attached hydrogens (tertiary/aromatic N) is 3. The maximum Gasteiger partial charge on any atom is 0.247 e. The van der Waals surface area contributed by atoms with Gasteiger partial charge in [-0.25, -0.2) is 12.7 Å². The predicted molar refractivity (Wildman–Crippen MR) is 122 cm³/mol. The minimum atomic E-state index is -3.98. The molecule has 0 aliphatic heterocycles. The lowest BCUT2D eigenvalue weighted by Gasteiger charge is -2.18. The molecule has 3 aromatic rings. The van der Waals surface area contributed by atoms with Crippen LogP contribution in [0.2, 0.25) is 5.02 Å². The fraction of sp³-hybridized carbons (Fsp3) is 0.263. The molecule has 0 bridgehead atoms. The highest BCUT2D eigenvalue weighted by atomic mass is 35.5. The van der Waals surface area contributed by atoms with Crippen LogP contribution in [0, 0.1) is 6.92 Å². The summed E-state index contributed by atoms with van der Waals surface area (Å²) in [7, 11) is -1.27. The molecule has 0 saturated carbocycles. The zero-order valence-corrected chi connectivity index (χ0v) is 19.7. The van der Waals surface area contributed by atoms with E-state index in [9.17, 15) is 13.5 Å². The number of furan rings is 1. The van der Waals surface area contributed by atoms with Crippen molar-refractivity contribution in [1.82, 2.24) is 13.1 Å². The van der Waals surface area contributed by atoms with E-state index >= 15 is 0 Å². The van der Waals surface area contributed by atoms with Gasteiger partial charge in [-0.1, -0.05) is 23.8 Å². The van der Waals surface area contributed by atoms with E-state index in [1.54, 1.807) is 0 Å². The second-order valence-electron chi connectivity index (χ2n) is 7.02. The Morgan fingerprint density at radius 1 is 1.26 bits per heavy atom. The Kier molecular flexibility index (Phi) is 6.60. The first kappa shape index (κ1) is 23.1. The van der Waals surface area contributed by atoms with E-state index in [0.717, 1.165) is 27.4 Å². The summed E-state index contributed by atoms with van der Waals surface area (Å²) in [6.07, 6.45) is 0. The van der Waals surface area contributed by atoms with Crippen LogP contribution >= 0.6 is 23.3 Å². The van der Waals surface area contributed by atoms with E-state index in [-0.39, 0.29) is 16.8 Å². The number of benzene rings is 1. The first-order valence-electron chi connectivity index (χ1n) is 9.04. The lowest BCUT2D eigenvalue weighted by molar-refractivity contribution is 0.454. The summed E-state index contributed by atoms with van der Waals surface area (Å²) in [4.78, 5) is -0.396. The molecule has 3 N–H and O–H groups in total. The summed E-state index contributed by atoms with van der Waals surface area (Å²) in [6.45, 7) is 7.70. The lowest BCUT2D eigenvalue weighted by Crippen LogP contribution is -2.22. The van der Waals surface area contributed by atoms with Crippen LogP contribution in [0.4, 0.5) is 17.3 Å². The molecule has 0 fully saturated rings. The number of hydrogen-bond donors (Lipinski definition) is 3. The zero-order chi connectivity index (χ0) is 22.9. The van der Waals surface area contributed by atoms with E-state index in [1.807, 2.05) is 26.0 Å². The molecular weight excluding hydrogens is 462 g/mol. The van der Waals surface area contributed by atoms with Crippen molar-refractivity contribution in [3.63, 3.8) is 0 Å². The molecule has 1 aromatic carbocycles. The number of nitrogens with one attached hydrogen (secondary N) is 2. The molecule has 0 saturated heterocycles. The van der Waals surface area contributed by atoms with E-state index in [0.29, 0.717) is 17.4 Å². The smallest absolute Gasteiger partial charge is 0.247 e. The van der Waals surface area contributed by atoms with Crippen molar-refractivity contribution >= 4 is 50.7 Å². The third-order valence-electron chi connectivity index (χ3n) is 4.38. The molecule has 2 aromatic heterocycles. The quantitative estimate of drug-likeness (QED) is 0.316. The molecule has 0 amide bonds. The zero-order valence-electron chi connectivity index (χ0n) is 17.3. The summed E-state index contributed by atoms with van der Waals surface area (Å²) in [5.41, 5.74) is 0.906. The number of phenolic OH excluding ortho intramolecular Hbond substituents is 1. The Balaban J connectivity index is 1.94. The predicted octanol–water partition coefficient (Wildman–Crippen LogP) is 4.52. The highest BCUT2D eigenvalue weighted by molar-refractivity contribution is 7.89. The summed E-state index contributed by atoms with van der Waals surface area (Å²) in [5, 5.41) is 16.7. The van der Waals surface area contributed by atoms with Gasteiger partial charge in [-0.3, -0.25) is 0 Å². The van der Waals surface area contributed by atoms with Crippen molar-refractivity contribution in [2.75, 3.05) is 24.7 Å². The Bertz CT molecular complexity index is 1220. The van der Waals surface area contributed by atoms with E-state index < -0.39 is 20.7 Å². The maximum atomic E-state index is 12.6. The average Bonchev–Trinajstić information content (AvgIpc) is 3.30. The van der Waals surface area contributed by atoms with Crippen LogP contribution in [0.15, 0.2) is 45.7 Å². The van der Waals surface area contributed by atoms with Crippen molar-refractivity contribution in [2.24, 2.45) is 0 Å². The largest absolute Gasteiger partial charge is 0.504 e. The van der Waals surface area contributed by atoms with Crippen molar-refractivity contribution < 1.29 is 17.9 Å². The first-order chi connectivity index (χ1) is 14.5. The molecule has 166 valence electrons. The Labute approximate surface area is 189 Å². The molecule has 2 heterocycles. The number of aromatic hydroxyl groups is 1. The number of sulfonamides is 1. The Hall–Kier alpha value is -2.60. The molecule has 3 rings (SSSR count). The van der Waals surface area contributed by atoms with Crippen LogP contribution in [-0.4, -0.2) is 40.7 Å². The van der Waals surface area contributed by atoms with Gasteiger partial charge in [-0.15, -0.1) is 0 Å². The summed E-state index contributed by atoms with van der Waals surface area (Å²) in [6, 6.07) is 6.18. The number of rotatable bonds is 8. The average molecular weight is 484 g/mol. The number of hydrogen-bond acceptors (Lipinski definition) is 9. The lowest BCUT2D eigenvalue weighted by atomic mass is 10.1. The molecular formula is C19H22ClN5O4S2. The number of anilines is 3. The Morgan fingerprint density at radius 3 is 2.52 bits per heavy atom. The third-order valence-corrected chi connectivity index (χ3v) is 7.23. The van der Waals surface area contributed by atoms with Gasteiger partial charge < -0.3 is 20.2 Å². The van der Waals surface area contributed by atoms with Gasteiger partial charge in [-0.05, 0) is 38.1 Å². The van der Waals surface area contributed by atoms with Crippen LogP contribution in [0.3, 0.4) is 0 Å². The molecule has 0 radical (unpaired) electrons. The van der Waals surface area contributed by atoms with Crippen LogP contribution in [0.5, 0.6) is 5.75 Å². The highest BCUT2D eigenvalue weighted by Gasteiger charge is 2.28. The van der Waals surface area contributed by atoms with Gasteiger partial charge in [0, 0.05) is 14.1 Å². The fourth-order valence-electron chi connectivity index (χ4n) is 2.75. The van der Waals surface area contributed by atoms with E-state index in [4.69, 9.17) is 16.0 Å². The summed E-state index contributed by atoms with van der Waals surface area (Å²) >= 11 is 7.01. The highest BCUT2D eigenvalue weighted by Crippen LogP contribution is 2.40.